The smallest absolute Gasteiger partial charge is 0.213 e. The van der Waals surface area contributed by atoms with Crippen LogP contribution in [0.1, 0.15) is 18.5 Å². The van der Waals surface area contributed by atoms with Crippen molar-refractivity contribution in [1.82, 2.24) is 4.98 Å². The van der Waals surface area contributed by atoms with Crippen molar-refractivity contribution in [1.29, 1.82) is 0 Å². The number of aromatic nitrogens is 1. The molecule has 3 N–H and O–H groups in total. The number of hydrogen-bond donors (Lipinski definition) is 2. The summed E-state index contributed by atoms with van der Waals surface area (Å²) in [5, 5.41) is 3.81. The van der Waals surface area contributed by atoms with Crippen LogP contribution in [0, 0.1) is 18.8 Å². The lowest BCUT2D eigenvalue weighted by Gasteiger charge is -2.14. The molecule has 0 bridgehead atoms. The highest BCUT2D eigenvalue weighted by molar-refractivity contribution is 6.36. The molecule has 0 spiro atoms. The Kier molecular flexibility index (Phi) is 3.72. The van der Waals surface area contributed by atoms with Gasteiger partial charge in [-0.3, -0.25) is 0 Å². The quantitative estimate of drug-likeness (QED) is 0.655. The van der Waals surface area contributed by atoms with E-state index in [2.05, 4.69) is 10.3 Å². The Labute approximate surface area is 128 Å². The van der Waals surface area contributed by atoms with Crippen LogP contribution in [0.4, 0.5) is 15.8 Å². The summed E-state index contributed by atoms with van der Waals surface area (Å²) in [6.45, 7) is 2.68. The van der Waals surface area contributed by atoms with E-state index < -0.39 is 5.95 Å². The second kappa shape index (κ2) is 5.53. The number of aryl methyl sites for hydroxylation is 1. The SMILES string of the molecule is Cc1nc(F)ccc1-c1ccc(NCC2CC2)c(N)c1Cl. The normalized spacial score (nSPS) is 14.2. The van der Waals surface area contributed by atoms with Gasteiger partial charge in [-0.25, -0.2) is 4.98 Å². The fraction of sp³-hybridized carbons (Fsp3) is 0.312. The van der Waals surface area contributed by atoms with Gasteiger partial charge >= 0.3 is 0 Å². The van der Waals surface area contributed by atoms with Crippen LogP contribution in [0.2, 0.25) is 5.02 Å². The van der Waals surface area contributed by atoms with Crippen LogP contribution < -0.4 is 11.1 Å². The molecular formula is C16H17ClFN3. The minimum Gasteiger partial charge on any atom is -0.396 e. The summed E-state index contributed by atoms with van der Waals surface area (Å²) < 4.78 is 13.1. The number of nitrogens with zero attached hydrogens (tertiary/aromatic N) is 1. The molecule has 0 radical (unpaired) electrons. The molecule has 5 heteroatoms. The van der Waals surface area contributed by atoms with Crippen molar-refractivity contribution in [2.24, 2.45) is 5.92 Å². The number of rotatable bonds is 4. The Balaban J connectivity index is 1.93. The molecule has 1 aliphatic rings. The van der Waals surface area contributed by atoms with E-state index in [9.17, 15) is 4.39 Å². The lowest BCUT2D eigenvalue weighted by Crippen LogP contribution is -2.06. The Bertz CT molecular complexity index is 683. The summed E-state index contributed by atoms with van der Waals surface area (Å²) in [4.78, 5) is 3.83. The first-order chi connectivity index (χ1) is 10.1. The van der Waals surface area contributed by atoms with Crippen molar-refractivity contribution in [3.8, 4) is 11.1 Å². The van der Waals surface area contributed by atoms with Crippen LogP contribution in [0.25, 0.3) is 11.1 Å². The topological polar surface area (TPSA) is 50.9 Å². The third kappa shape index (κ3) is 2.95. The molecule has 1 heterocycles. The average Bonchev–Trinajstić information content (AvgIpc) is 3.26. The van der Waals surface area contributed by atoms with Crippen molar-refractivity contribution in [2.45, 2.75) is 19.8 Å². The molecule has 3 nitrogen and oxygen atoms in total. The Morgan fingerprint density at radius 2 is 2.00 bits per heavy atom. The van der Waals surface area contributed by atoms with Gasteiger partial charge < -0.3 is 11.1 Å². The first-order valence-electron chi connectivity index (χ1n) is 7.01. The molecule has 0 saturated heterocycles. The Morgan fingerprint density at radius 1 is 1.29 bits per heavy atom. The van der Waals surface area contributed by atoms with E-state index in [0.717, 1.165) is 29.3 Å². The number of nitrogen functional groups attached to an aromatic ring is 1. The molecule has 1 aromatic heterocycles. The van der Waals surface area contributed by atoms with E-state index in [-0.39, 0.29) is 0 Å². The van der Waals surface area contributed by atoms with Gasteiger partial charge in [0.15, 0.2) is 0 Å². The molecule has 1 fully saturated rings. The number of anilines is 2. The summed E-state index contributed by atoms with van der Waals surface area (Å²) in [6.07, 6.45) is 2.55. The van der Waals surface area contributed by atoms with Crippen molar-refractivity contribution >= 4 is 23.0 Å². The highest BCUT2D eigenvalue weighted by Crippen LogP contribution is 2.38. The van der Waals surface area contributed by atoms with E-state index in [1.54, 1.807) is 13.0 Å². The number of pyridine rings is 1. The molecule has 3 rings (SSSR count). The van der Waals surface area contributed by atoms with Gasteiger partial charge in [-0.1, -0.05) is 17.7 Å². The van der Waals surface area contributed by atoms with Crippen LogP contribution >= 0.6 is 11.6 Å². The zero-order valence-electron chi connectivity index (χ0n) is 11.8. The van der Waals surface area contributed by atoms with Gasteiger partial charge in [0.25, 0.3) is 0 Å². The maximum Gasteiger partial charge on any atom is 0.213 e. The number of halogens is 2. The summed E-state index contributed by atoms with van der Waals surface area (Å²) in [7, 11) is 0. The second-order valence-electron chi connectivity index (χ2n) is 5.48. The molecule has 0 atom stereocenters. The minimum absolute atomic E-state index is 0.479. The van der Waals surface area contributed by atoms with E-state index in [0.29, 0.717) is 16.4 Å². The number of benzene rings is 1. The number of nitrogens with one attached hydrogen (secondary N) is 1. The van der Waals surface area contributed by atoms with Crippen molar-refractivity contribution < 1.29 is 4.39 Å². The predicted molar refractivity (Wildman–Crippen MR) is 85.0 cm³/mol. The number of nitrogens with two attached hydrogens (primary N) is 1. The molecule has 110 valence electrons. The first-order valence-corrected chi connectivity index (χ1v) is 7.39. The van der Waals surface area contributed by atoms with Crippen molar-refractivity contribution in [2.75, 3.05) is 17.6 Å². The third-order valence-electron chi connectivity index (χ3n) is 3.80. The standard InChI is InChI=1S/C16H17ClFN3/c1-9-11(5-7-14(18)21-9)12-4-6-13(16(19)15(12)17)20-8-10-2-3-10/h4-7,10,20H,2-3,8,19H2,1H3. The zero-order valence-corrected chi connectivity index (χ0v) is 12.5. The van der Waals surface area contributed by atoms with E-state index >= 15 is 0 Å². The summed E-state index contributed by atoms with van der Waals surface area (Å²) in [5.41, 5.74) is 9.66. The van der Waals surface area contributed by atoms with Gasteiger partial charge in [0, 0.05) is 23.4 Å². The first kappa shape index (κ1) is 14.1. The maximum absolute atomic E-state index is 13.1. The summed E-state index contributed by atoms with van der Waals surface area (Å²) in [5.74, 6) is 0.259. The van der Waals surface area contributed by atoms with Gasteiger partial charge in [-0.15, -0.1) is 0 Å². The fourth-order valence-corrected chi connectivity index (χ4v) is 2.61. The number of hydrogen-bond acceptors (Lipinski definition) is 3. The van der Waals surface area contributed by atoms with Crippen molar-refractivity contribution in [3.63, 3.8) is 0 Å². The highest BCUT2D eigenvalue weighted by Gasteiger charge is 2.21. The molecule has 21 heavy (non-hydrogen) atoms. The monoisotopic (exact) mass is 305 g/mol. The molecular weight excluding hydrogens is 289 g/mol. The van der Waals surface area contributed by atoms with Gasteiger partial charge in [-0.05, 0) is 43.9 Å². The third-order valence-corrected chi connectivity index (χ3v) is 4.21. The van der Waals surface area contributed by atoms with Crippen LogP contribution in [0.15, 0.2) is 24.3 Å². The van der Waals surface area contributed by atoms with Crippen LogP contribution in [-0.2, 0) is 0 Å². The molecule has 0 unspecified atom stereocenters. The van der Waals surface area contributed by atoms with Gasteiger partial charge in [0.2, 0.25) is 5.95 Å². The molecule has 0 aliphatic heterocycles. The molecule has 1 saturated carbocycles. The van der Waals surface area contributed by atoms with Crippen LogP contribution in [0.5, 0.6) is 0 Å². The Hall–Kier alpha value is -1.81. The van der Waals surface area contributed by atoms with Gasteiger partial charge in [-0.2, -0.15) is 4.39 Å². The van der Waals surface area contributed by atoms with Crippen LogP contribution in [-0.4, -0.2) is 11.5 Å². The van der Waals surface area contributed by atoms with E-state index in [4.69, 9.17) is 17.3 Å². The molecule has 0 amide bonds. The Morgan fingerprint density at radius 3 is 2.67 bits per heavy atom. The molecule has 1 aromatic carbocycles. The highest BCUT2D eigenvalue weighted by atomic mass is 35.5. The largest absolute Gasteiger partial charge is 0.396 e. The van der Waals surface area contributed by atoms with Crippen LogP contribution in [0.3, 0.4) is 0 Å². The summed E-state index contributed by atoms with van der Waals surface area (Å²) in [6, 6.07) is 6.82. The maximum atomic E-state index is 13.1. The van der Waals surface area contributed by atoms with Gasteiger partial charge in [0.05, 0.1) is 16.4 Å². The summed E-state index contributed by atoms with van der Waals surface area (Å²) >= 11 is 6.39. The van der Waals surface area contributed by atoms with Crippen molar-refractivity contribution in [3.05, 3.63) is 40.9 Å². The average molecular weight is 306 g/mol. The molecule has 1 aliphatic carbocycles. The second-order valence-corrected chi connectivity index (χ2v) is 5.86. The lowest BCUT2D eigenvalue weighted by atomic mass is 10.0. The predicted octanol–water partition coefficient (Wildman–Crippen LogP) is 4.25. The molecule has 2 aromatic rings. The lowest BCUT2D eigenvalue weighted by molar-refractivity contribution is 0.580. The minimum atomic E-state index is -0.497. The van der Waals surface area contributed by atoms with E-state index in [1.165, 1.54) is 18.9 Å². The fourth-order valence-electron chi connectivity index (χ4n) is 2.35. The van der Waals surface area contributed by atoms with E-state index in [1.807, 2.05) is 12.1 Å². The zero-order chi connectivity index (χ0) is 15.0. The van der Waals surface area contributed by atoms with Gasteiger partial charge in [0.1, 0.15) is 0 Å².